The average molecular weight is 366 g/mol. The summed E-state index contributed by atoms with van der Waals surface area (Å²) >= 11 is 0. The number of carbonyl (C=O) groups is 2. The van der Waals surface area contributed by atoms with E-state index in [1.807, 2.05) is 53.8 Å². The van der Waals surface area contributed by atoms with Crippen LogP contribution in [-0.2, 0) is 11.3 Å². The number of benzene rings is 1. The van der Waals surface area contributed by atoms with E-state index in [0.29, 0.717) is 25.2 Å². The van der Waals surface area contributed by atoms with Crippen LogP contribution < -0.4 is 5.32 Å². The van der Waals surface area contributed by atoms with E-state index in [0.717, 1.165) is 42.6 Å². The van der Waals surface area contributed by atoms with E-state index in [-0.39, 0.29) is 11.8 Å². The number of piperidine rings is 1. The van der Waals surface area contributed by atoms with Crippen LogP contribution in [-0.4, -0.2) is 45.1 Å². The first-order valence-corrected chi connectivity index (χ1v) is 9.70. The third kappa shape index (κ3) is 3.13. The van der Waals surface area contributed by atoms with Gasteiger partial charge in [-0.1, -0.05) is 12.1 Å². The lowest BCUT2D eigenvalue weighted by molar-refractivity contribution is -0.133. The standard InChI is InChI=1S/C21H26N4O2/c1-15-12-16(2)25(23-15)14-17-6-3-7-18(13-17)19(26)24-11-5-9-21(24)8-4-10-22-20(21)27/h3,6-7,12-13H,4-5,8-11,14H2,1-2H3,(H,22,27). The fourth-order valence-corrected chi connectivity index (χ4v) is 4.50. The summed E-state index contributed by atoms with van der Waals surface area (Å²) in [5, 5.41) is 7.46. The SMILES string of the molecule is Cc1cc(C)n(Cc2cccc(C(=O)N3CCCC34CCCNC4=O)c2)n1. The molecule has 1 spiro atoms. The van der Waals surface area contributed by atoms with E-state index in [1.165, 1.54) is 0 Å². The highest BCUT2D eigenvalue weighted by Crippen LogP contribution is 2.36. The second kappa shape index (κ2) is 6.83. The van der Waals surface area contributed by atoms with Gasteiger partial charge in [-0.15, -0.1) is 0 Å². The molecule has 0 saturated carbocycles. The molecule has 2 amide bonds. The van der Waals surface area contributed by atoms with Crippen molar-refractivity contribution in [2.75, 3.05) is 13.1 Å². The van der Waals surface area contributed by atoms with Crippen LogP contribution in [0.15, 0.2) is 30.3 Å². The van der Waals surface area contributed by atoms with Crippen LogP contribution in [0, 0.1) is 13.8 Å². The number of likely N-dealkylation sites (tertiary alicyclic amines) is 1. The van der Waals surface area contributed by atoms with Crippen molar-refractivity contribution in [1.82, 2.24) is 20.0 Å². The molecular formula is C21H26N4O2. The predicted octanol–water partition coefficient (Wildman–Crippen LogP) is 2.43. The first-order valence-electron chi connectivity index (χ1n) is 9.70. The molecule has 0 radical (unpaired) electrons. The summed E-state index contributed by atoms with van der Waals surface area (Å²) in [6, 6.07) is 9.76. The van der Waals surface area contributed by atoms with Gasteiger partial charge in [-0.3, -0.25) is 14.3 Å². The van der Waals surface area contributed by atoms with Crippen LogP contribution in [0.4, 0.5) is 0 Å². The van der Waals surface area contributed by atoms with Gasteiger partial charge in [0.15, 0.2) is 0 Å². The summed E-state index contributed by atoms with van der Waals surface area (Å²) in [6.45, 7) is 6.00. The Morgan fingerprint density at radius 1 is 1.22 bits per heavy atom. The van der Waals surface area contributed by atoms with Crippen molar-refractivity contribution in [3.05, 3.63) is 52.8 Å². The molecular weight excluding hydrogens is 340 g/mol. The van der Waals surface area contributed by atoms with Crippen molar-refractivity contribution in [3.8, 4) is 0 Å². The Hall–Kier alpha value is -2.63. The minimum atomic E-state index is -0.652. The number of aromatic nitrogens is 2. The molecule has 1 aromatic heterocycles. The molecule has 1 aromatic carbocycles. The number of hydrogen-bond donors (Lipinski definition) is 1. The van der Waals surface area contributed by atoms with Gasteiger partial charge in [-0.25, -0.2) is 0 Å². The fraction of sp³-hybridized carbons (Fsp3) is 0.476. The summed E-state index contributed by atoms with van der Waals surface area (Å²) in [7, 11) is 0. The van der Waals surface area contributed by atoms with Crippen LogP contribution in [0.2, 0.25) is 0 Å². The Bertz CT molecular complexity index is 888. The molecule has 6 nitrogen and oxygen atoms in total. The Morgan fingerprint density at radius 2 is 2.04 bits per heavy atom. The highest BCUT2D eigenvalue weighted by molar-refractivity contribution is 6.00. The molecule has 0 bridgehead atoms. The maximum atomic E-state index is 13.3. The predicted molar refractivity (Wildman–Crippen MR) is 102 cm³/mol. The molecule has 2 aliphatic rings. The van der Waals surface area contributed by atoms with E-state index in [4.69, 9.17) is 0 Å². The van der Waals surface area contributed by atoms with Gasteiger partial charge in [0.05, 0.1) is 12.2 Å². The number of nitrogens with zero attached hydrogens (tertiary/aromatic N) is 3. The summed E-state index contributed by atoms with van der Waals surface area (Å²) in [5.74, 6) is -0.0295. The van der Waals surface area contributed by atoms with Gasteiger partial charge in [0.1, 0.15) is 5.54 Å². The maximum Gasteiger partial charge on any atom is 0.254 e. The summed E-state index contributed by atoms with van der Waals surface area (Å²) in [4.78, 5) is 27.7. The van der Waals surface area contributed by atoms with Gasteiger partial charge in [-0.2, -0.15) is 5.10 Å². The van der Waals surface area contributed by atoms with Gasteiger partial charge in [0.2, 0.25) is 5.91 Å². The zero-order valence-electron chi connectivity index (χ0n) is 16.0. The molecule has 0 aliphatic carbocycles. The van der Waals surface area contributed by atoms with Gasteiger partial charge >= 0.3 is 0 Å². The largest absolute Gasteiger partial charge is 0.354 e. The van der Waals surface area contributed by atoms with Crippen molar-refractivity contribution in [3.63, 3.8) is 0 Å². The average Bonchev–Trinajstić information content (AvgIpc) is 3.21. The molecule has 1 atom stereocenters. The van der Waals surface area contributed by atoms with Crippen molar-refractivity contribution in [1.29, 1.82) is 0 Å². The molecule has 2 fully saturated rings. The fourth-order valence-electron chi connectivity index (χ4n) is 4.50. The van der Waals surface area contributed by atoms with Gasteiger partial charge in [0, 0.05) is 24.3 Å². The lowest BCUT2D eigenvalue weighted by Gasteiger charge is -2.40. The quantitative estimate of drug-likeness (QED) is 0.907. The van der Waals surface area contributed by atoms with E-state index in [2.05, 4.69) is 10.4 Å². The Balaban J connectivity index is 1.59. The molecule has 2 aliphatic heterocycles. The van der Waals surface area contributed by atoms with Gasteiger partial charge in [-0.05, 0) is 63.3 Å². The smallest absolute Gasteiger partial charge is 0.254 e. The van der Waals surface area contributed by atoms with E-state index in [1.54, 1.807) is 0 Å². The van der Waals surface area contributed by atoms with E-state index >= 15 is 0 Å². The Morgan fingerprint density at radius 3 is 2.78 bits per heavy atom. The lowest BCUT2D eigenvalue weighted by Crippen LogP contribution is -2.60. The lowest BCUT2D eigenvalue weighted by atomic mass is 9.86. The number of nitrogens with one attached hydrogen (secondary N) is 1. The Labute approximate surface area is 159 Å². The van der Waals surface area contributed by atoms with Crippen molar-refractivity contribution < 1.29 is 9.59 Å². The number of aryl methyl sites for hydroxylation is 2. The second-order valence-corrected chi connectivity index (χ2v) is 7.74. The highest BCUT2D eigenvalue weighted by atomic mass is 16.2. The van der Waals surface area contributed by atoms with Crippen molar-refractivity contribution in [2.45, 2.75) is 51.6 Å². The van der Waals surface area contributed by atoms with Crippen LogP contribution in [0.1, 0.15) is 53.0 Å². The molecule has 1 unspecified atom stereocenters. The Kier molecular flexibility index (Phi) is 4.50. The number of rotatable bonds is 3. The summed E-state index contributed by atoms with van der Waals surface area (Å²) in [5.41, 5.74) is 3.12. The minimum absolute atomic E-state index is 0.0124. The minimum Gasteiger partial charge on any atom is -0.354 e. The molecule has 2 aromatic rings. The highest BCUT2D eigenvalue weighted by Gasteiger charge is 2.50. The molecule has 2 saturated heterocycles. The van der Waals surface area contributed by atoms with Crippen molar-refractivity contribution >= 4 is 11.8 Å². The second-order valence-electron chi connectivity index (χ2n) is 7.74. The summed E-state index contributed by atoms with van der Waals surface area (Å²) in [6.07, 6.45) is 3.32. The number of amides is 2. The van der Waals surface area contributed by atoms with E-state index < -0.39 is 5.54 Å². The first kappa shape index (κ1) is 17.8. The third-order valence-corrected chi connectivity index (χ3v) is 5.82. The van der Waals surface area contributed by atoms with Crippen molar-refractivity contribution in [2.24, 2.45) is 0 Å². The first-order chi connectivity index (χ1) is 13.0. The zero-order valence-corrected chi connectivity index (χ0v) is 16.0. The molecule has 27 heavy (non-hydrogen) atoms. The van der Waals surface area contributed by atoms with Crippen LogP contribution in [0.25, 0.3) is 0 Å². The van der Waals surface area contributed by atoms with E-state index in [9.17, 15) is 9.59 Å². The monoisotopic (exact) mass is 366 g/mol. The number of hydrogen-bond acceptors (Lipinski definition) is 3. The summed E-state index contributed by atoms with van der Waals surface area (Å²) < 4.78 is 1.95. The van der Waals surface area contributed by atoms with Gasteiger partial charge < -0.3 is 10.2 Å². The van der Waals surface area contributed by atoms with Crippen LogP contribution in [0.3, 0.4) is 0 Å². The zero-order chi connectivity index (χ0) is 19.0. The molecule has 6 heteroatoms. The third-order valence-electron chi connectivity index (χ3n) is 5.82. The number of carbonyl (C=O) groups excluding carboxylic acids is 2. The van der Waals surface area contributed by atoms with Crippen LogP contribution >= 0.6 is 0 Å². The molecule has 3 heterocycles. The normalized spacial score (nSPS) is 22.3. The molecule has 4 rings (SSSR count). The molecule has 1 N–H and O–H groups in total. The molecule has 142 valence electrons. The topological polar surface area (TPSA) is 67.2 Å². The van der Waals surface area contributed by atoms with Crippen LogP contribution in [0.5, 0.6) is 0 Å². The maximum absolute atomic E-state index is 13.3. The van der Waals surface area contributed by atoms with Gasteiger partial charge in [0.25, 0.3) is 5.91 Å².